The summed E-state index contributed by atoms with van der Waals surface area (Å²) in [5.41, 5.74) is 1.53. The maximum Gasteiger partial charge on any atom is 0.252 e. The van der Waals surface area contributed by atoms with Crippen LogP contribution in [-0.4, -0.2) is 34.1 Å². The number of benzene rings is 2. The molecule has 5 heteroatoms. The van der Waals surface area contributed by atoms with Gasteiger partial charge in [0.1, 0.15) is 0 Å². The summed E-state index contributed by atoms with van der Waals surface area (Å²) in [5, 5.41) is 12.2. The molecule has 4 nitrogen and oxygen atoms in total. The summed E-state index contributed by atoms with van der Waals surface area (Å²) in [6, 6.07) is 16.8. The smallest absolute Gasteiger partial charge is 0.252 e. The normalized spacial score (nSPS) is 13.2. The van der Waals surface area contributed by atoms with E-state index in [0.29, 0.717) is 29.2 Å². The van der Waals surface area contributed by atoms with E-state index in [9.17, 15) is 14.1 Å². The Morgan fingerprint density at radius 2 is 1.79 bits per heavy atom. The Morgan fingerprint density at radius 3 is 2.46 bits per heavy atom. The van der Waals surface area contributed by atoms with Crippen molar-refractivity contribution in [2.24, 2.45) is 0 Å². The number of aliphatic hydroxyl groups is 1. The Balaban J connectivity index is 2.10. The minimum Gasteiger partial charge on any atom is -0.396 e. The number of aliphatic hydroxyl groups excluding tert-OH is 1. The van der Waals surface area contributed by atoms with E-state index in [1.165, 1.54) is 0 Å². The van der Waals surface area contributed by atoms with Crippen LogP contribution in [0, 0.1) is 0 Å². The van der Waals surface area contributed by atoms with Crippen LogP contribution in [0.5, 0.6) is 0 Å². The fourth-order valence-corrected chi connectivity index (χ4v) is 3.53. The predicted octanol–water partition coefficient (Wildman–Crippen LogP) is 2.71. The van der Waals surface area contributed by atoms with Crippen molar-refractivity contribution in [1.82, 2.24) is 5.32 Å². The van der Waals surface area contributed by atoms with Gasteiger partial charge in [-0.15, -0.1) is 0 Å². The average molecular weight is 345 g/mol. The monoisotopic (exact) mass is 345 g/mol. The van der Waals surface area contributed by atoms with Crippen LogP contribution in [-0.2, 0) is 10.8 Å². The highest BCUT2D eigenvalue weighted by Gasteiger charge is 2.17. The van der Waals surface area contributed by atoms with Crippen LogP contribution in [0.15, 0.2) is 59.5 Å². The molecule has 2 N–H and O–H groups in total. The van der Waals surface area contributed by atoms with E-state index in [4.69, 9.17) is 0 Å². The van der Waals surface area contributed by atoms with E-state index in [2.05, 4.69) is 5.32 Å². The van der Waals surface area contributed by atoms with Crippen molar-refractivity contribution in [3.05, 3.63) is 65.7 Å². The first-order valence-corrected chi connectivity index (χ1v) is 9.40. The molecule has 0 fully saturated rings. The summed E-state index contributed by atoms with van der Waals surface area (Å²) in [6.45, 7) is 2.32. The van der Waals surface area contributed by atoms with Gasteiger partial charge in [0, 0.05) is 24.8 Å². The maximum atomic E-state index is 12.5. The highest BCUT2D eigenvalue weighted by atomic mass is 32.2. The maximum absolute atomic E-state index is 12.5. The first kappa shape index (κ1) is 18.4. The molecule has 0 saturated carbocycles. The molecule has 0 aliphatic heterocycles. The number of hydrogen-bond acceptors (Lipinski definition) is 3. The van der Waals surface area contributed by atoms with Gasteiger partial charge < -0.3 is 10.4 Å². The largest absolute Gasteiger partial charge is 0.396 e. The fourth-order valence-electron chi connectivity index (χ4n) is 2.59. The molecule has 0 aliphatic rings. The summed E-state index contributed by atoms with van der Waals surface area (Å²) < 4.78 is 12.1. The zero-order chi connectivity index (χ0) is 17.4. The Kier molecular flexibility index (Phi) is 7.15. The minimum absolute atomic E-state index is 0.0454. The lowest BCUT2D eigenvalue weighted by atomic mass is 9.96. The second-order valence-electron chi connectivity index (χ2n) is 5.46. The molecule has 24 heavy (non-hydrogen) atoms. The van der Waals surface area contributed by atoms with Crippen molar-refractivity contribution < 1.29 is 14.1 Å². The average Bonchev–Trinajstić information content (AvgIpc) is 2.65. The number of amides is 1. The Labute approximate surface area is 145 Å². The molecule has 0 spiro atoms. The molecule has 0 heterocycles. The van der Waals surface area contributed by atoms with Gasteiger partial charge in [-0.3, -0.25) is 9.00 Å². The molecule has 2 unspecified atom stereocenters. The molecule has 1 amide bonds. The van der Waals surface area contributed by atoms with Crippen LogP contribution >= 0.6 is 0 Å². The highest BCUT2D eigenvalue weighted by Crippen LogP contribution is 2.19. The Hall–Kier alpha value is -1.98. The van der Waals surface area contributed by atoms with Crippen molar-refractivity contribution in [1.29, 1.82) is 0 Å². The molecular weight excluding hydrogens is 322 g/mol. The predicted molar refractivity (Wildman–Crippen MR) is 96.6 cm³/mol. The third-order valence-corrected chi connectivity index (χ3v) is 5.27. The molecule has 2 aromatic rings. The van der Waals surface area contributed by atoms with Gasteiger partial charge in [-0.25, -0.2) is 0 Å². The SMILES string of the molecule is CCS(=O)c1ccccc1C(=O)NCC(CCO)c1ccccc1. The van der Waals surface area contributed by atoms with Gasteiger partial charge in [-0.1, -0.05) is 49.4 Å². The molecule has 2 aromatic carbocycles. The van der Waals surface area contributed by atoms with Gasteiger partial charge in [-0.05, 0) is 24.1 Å². The van der Waals surface area contributed by atoms with Crippen LogP contribution in [0.3, 0.4) is 0 Å². The topological polar surface area (TPSA) is 66.4 Å². The third kappa shape index (κ3) is 4.76. The van der Waals surface area contributed by atoms with Crippen molar-refractivity contribution >= 4 is 16.7 Å². The van der Waals surface area contributed by atoms with Gasteiger partial charge in [0.05, 0.1) is 21.3 Å². The van der Waals surface area contributed by atoms with E-state index >= 15 is 0 Å². The zero-order valence-corrected chi connectivity index (χ0v) is 14.6. The van der Waals surface area contributed by atoms with Crippen molar-refractivity contribution in [3.63, 3.8) is 0 Å². The summed E-state index contributed by atoms with van der Waals surface area (Å²) in [5.74, 6) is 0.289. The van der Waals surface area contributed by atoms with Gasteiger partial charge in [-0.2, -0.15) is 0 Å². The number of nitrogens with one attached hydrogen (secondary N) is 1. The Bertz CT molecular complexity index is 688. The lowest BCUT2D eigenvalue weighted by Crippen LogP contribution is -2.29. The minimum atomic E-state index is -1.18. The van der Waals surface area contributed by atoms with Crippen LogP contribution < -0.4 is 5.32 Å². The third-order valence-electron chi connectivity index (χ3n) is 3.90. The molecule has 128 valence electrons. The number of rotatable bonds is 8. The first-order chi connectivity index (χ1) is 11.7. The lowest BCUT2D eigenvalue weighted by Gasteiger charge is -2.17. The lowest BCUT2D eigenvalue weighted by molar-refractivity contribution is 0.0946. The summed E-state index contributed by atoms with van der Waals surface area (Å²) in [6.07, 6.45) is 0.576. The van der Waals surface area contributed by atoms with E-state index in [1.807, 2.05) is 37.3 Å². The van der Waals surface area contributed by atoms with Crippen molar-refractivity contribution in [2.45, 2.75) is 24.2 Å². The quantitative estimate of drug-likeness (QED) is 0.773. The summed E-state index contributed by atoms with van der Waals surface area (Å²) >= 11 is 0. The van der Waals surface area contributed by atoms with Crippen LogP contribution in [0.2, 0.25) is 0 Å². The molecule has 2 atom stereocenters. The standard InChI is InChI=1S/C19H23NO3S/c1-2-24(23)18-11-7-6-10-17(18)19(22)20-14-16(12-13-21)15-8-4-3-5-9-15/h3-11,16,21H,2,12-14H2,1H3,(H,20,22). The van der Waals surface area contributed by atoms with E-state index in [1.54, 1.807) is 24.3 Å². The molecular formula is C19H23NO3S. The number of carbonyl (C=O) groups is 1. The highest BCUT2D eigenvalue weighted by molar-refractivity contribution is 7.85. The number of carbonyl (C=O) groups excluding carboxylic acids is 1. The van der Waals surface area contributed by atoms with E-state index in [-0.39, 0.29) is 18.4 Å². The van der Waals surface area contributed by atoms with Crippen LogP contribution in [0.4, 0.5) is 0 Å². The summed E-state index contributed by atoms with van der Waals surface area (Å²) in [4.78, 5) is 13.1. The van der Waals surface area contributed by atoms with Crippen molar-refractivity contribution in [2.75, 3.05) is 18.9 Å². The van der Waals surface area contributed by atoms with Gasteiger partial charge in [0.2, 0.25) is 0 Å². The first-order valence-electron chi connectivity index (χ1n) is 8.08. The molecule has 0 aromatic heterocycles. The molecule has 0 saturated heterocycles. The van der Waals surface area contributed by atoms with Gasteiger partial charge >= 0.3 is 0 Å². The second kappa shape index (κ2) is 9.35. The number of hydrogen-bond donors (Lipinski definition) is 2. The fraction of sp³-hybridized carbons (Fsp3) is 0.316. The second-order valence-corrected chi connectivity index (χ2v) is 7.17. The van der Waals surface area contributed by atoms with E-state index in [0.717, 1.165) is 5.56 Å². The van der Waals surface area contributed by atoms with Gasteiger partial charge in [0.15, 0.2) is 0 Å². The molecule has 0 aliphatic carbocycles. The van der Waals surface area contributed by atoms with Gasteiger partial charge in [0.25, 0.3) is 5.91 Å². The summed E-state index contributed by atoms with van der Waals surface area (Å²) in [7, 11) is -1.18. The zero-order valence-electron chi connectivity index (χ0n) is 13.8. The Morgan fingerprint density at radius 1 is 1.12 bits per heavy atom. The molecule has 2 rings (SSSR count). The van der Waals surface area contributed by atoms with Crippen molar-refractivity contribution in [3.8, 4) is 0 Å². The molecule has 0 bridgehead atoms. The van der Waals surface area contributed by atoms with Crippen LogP contribution in [0.25, 0.3) is 0 Å². The molecule has 0 radical (unpaired) electrons. The van der Waals surface area contributed by atoms with E-state index < -0.39 is 10.8 Å². The van der Waals surface area contributed by atoms with Crippen LogP contribution in [0.1, 0.15) is 35.2 Å².